The van der Waals surface area contributed by atoms with Crippen LogP contribution in [0.5, 0.6) is 5.75 Å². The topological polar surface area (TPSA) is 95.9 Å². The predicted octanol–water partition coefficient (Wildman–Crippen LogP) is -0.0581. The standard InChI is InChI=1S/C13H15NO5/c15-9(13(17)18)5-6-14-12(16)11-7-8-3-1-2-4-10(8)19-11/h1-4,9,11,15H,5-7H2,(H,14,16)(H,17,18)/t9-,11?/m0/s1. The first kappa shape index (κ1) is 13.4. The molecule has 6 heteroatoms. The lowest BCUT2D eigenvalue weighted by atomic mass is 10.1. The summed E-state index contributed by atoms with van der Waals surface area (Å²) in [5.41, 5.74) is 0.980. The van der Waals surface area contributed by atoms with Crippen LogP contribution < -0.4 is 10.1 Å². The normalized spacial score (nSPS) is 18.3. The van der Waals surface area contributed by atoms with Crippen LogP contribution in [0.15, 0.2) is 24.3 Å². The van der Waals surface area contributed by atoms with E-state index in [0.717, 1.165) is 5.56 Å². The van der Waals surface area contributed by atoms with Gasteiger partial charge >= 0.3 is 5.97 Å². The van der Waals surface area contributed by atoms with Gasteiger partial charge in [0, 0.05) is 19.4 Å². The number of carboxylic acids is 1. The number of hydrogen-bond donors (Lipinski definition) is 3. The average Bonchev–Trinajstić information content (AvgIpc) is 2.82. The maximum Gasteiger partial charge on any atom is 0.332 e. The molecular weight excluding hydrogens is 250 g/mol. The summed E-state index contributed by atoms with van der Waals surface area (Å²) >= 11 is 0. The highest BCUT2D eigenvalue weighted by atomic mass is 16.5. The lowest BCUT2D eigenvalue weighted by molar-refractivity contribution is -0.147. The number of carbonyl (C=O) groups excluding carboxylic acids is 1. The minimum absolute atomic E-state index is 0.0270. The molecule has 0 bridgehead atoms. The van der Waals surface area contributed by atoms with Crippen LogP contribution in [0.2, 0.25) is 0 Å². The molecule has 0 spiro atoms. The van der Waals surface area contributed by atoms with E-state index < -0.39 is 18.2 Å². The van der Waals surface area contributed by atoms with Crippen molar-refractivity contribution in [3.8, 4) is 5.75 Å². The van der Waals surface area contributed by atoms with Crippen molar-refractivity contribution in [3.63, 3.8) is 0 Å². The lowest BCUT2D eigenvalue weighted by Gasteiger charge is -2.12. The van der Waals surface area contributed by atoms with Crippen LogP contribution in [-0.4, -0.2) is 40.8 Å². The number of nitrogens with one attached hydrogen (secondary N) is 1. The van der Waals surface area contributed by atoms with Gasteiger partial charge in [0.2, 0.25) is 0 Å². The fourth-order valence-corrected chi connectivity index (χ4v) is 1.90. The molecule has 19 heavy (non-hydrogen) atoms. The number of aliphatic carboxylic acids is 1. The van der Waals surface area contributed by atoms with Crippen molar-refractivity contribution in [1.82, 2.24) is 5.32 Å². The Bertz CT molecular complexity index is 463. The maximum absolute atomic E-state index is 11.8. The molecule has 102 valence electrons. The molecule has 0 saturated heterocycles. The first-order valence-corrected chi connectivity index (χ1v) is 6.01. The van der Waals surface area contributed by atoms with E-state index >= 15 is 0 Å². The van der Waals surface area contributed by atoms with Crippen LogP contribution in [0.4, 0.5) is 0 Å². The van der Waals surface area contributed by atoms with Gasteiger partial charge in [-0.15, -0.1) is 0 Å². The van der Waals surface area contributed by atoms with Gasteiger partial charge in [-0.3, -0.25) is 4.79 Å². The number of rotatable bonds is 5. The number of carbonyl (C=O) groups is 2. The highest BCUT2D eigenvalue weighted by molar-refractivity contribution is 5.82. The zero-order valence-electron chi connectivity index (χ0n) is 10.2. The lowest BCUT2D eigenvalue weighted by Crippen LogP contribution is -2.39. The third kappa shape index (κ3) is 3.23. The van der Waals surface area contributed by atoms with Crippen LogP contribution in [0.25, 0.3) is 0 Å². The highest BCUT2D eigenvalue weighted by Gasteiger charge is 2.28. The predicted molar refractivity (Wildman–Crippen MR) is 65.8 cm³/mol. The summed E-state index contributed by atoms with van der Waals surface area (Å²) < 4.78 is 5.48. The Morgan fingerprint density at radius 3 is 2.84 bits per heavy atom. The summed E-state index contributed by atoms with van der Waals surface area (Å²) in [5, 5.41) is 20.1. The van der Waals surface area contributed by atoms with E-state index in [4.69, 9.17) is 14.9 Å². The number of carboxylic acid groups (broad SMARTS) is 1. The van der Waals surface area contributed by atoms with E-state index in [1.165, 1.54) is 0 Å². The fourth-order valence-electron chi connectivity index (χ4n) is 1.90. The Morgan fingerprint density at radius 2 is 2.16 bits per heavy atom. The first-order chi connectivity index (χ1) is 9.08. The molecule has 0 aliphatic carbocycles. The number of fused-ring (bicyclic) bond motifs is 1. The molecule has 1 heterocycles. The van der Waals surface area contributed by atoms with Gasteiger partial charge in [0.1, 0.15) is 5.75 Å². The van der Waals surface area contributed by atoms with Crippen LogP contribution in [0, 0.1) is 0 Å². The van der Waals surface area contributed by atoms with Crippen molar-refractivity contribution >= 4 is 11.9 Å². The average molecular weight is 265 g/mol. The monoisotopic (exact) mass is 265 g/mol. The molecule has 1 aliphatic rings. The van der Waals surface area contributed by atoms with Crippen molar-refractivity contribution < 1.29 is 24.5 Å². The largest absolute Gasteiger partial charge is 0.480 e. The number of amides is 1. The second-order valence-electron chi connectivity index (χ2n) is 4.35. The number of aliphatic hydroxyl groups is 1. The Kier molecular flexibility index (Phi) is 4.01. The van der Waals surface area contributed by atoms with Gasteiger partial charge in [-0.1, -0.05) is 18.2 Å². The molecule has 0 fully saturated rings. The van der Waals surface area contributed by atoms with E-state index in [0.29, 0.717) is 12.2 Å². The summed E-state index contributed by atoms with van der Waals surface area (Å²) in [4.78, 5) is 22.2. The zero-order valence-corrected chi connectivity index (χ0v) is 10.2. The van der Waals surface area contributed by atoms with E-state index in [1.807, 2.05) is 18.2 Å². The minimum Gasteiger partial charge on any atom is -0.480 e. The molecule has 0 radical (unpaired) electrons. The number of benzene rings is 1. The van der Waals surface area contributed by atoms with E-state index in [-0.39, 0.29) is 18.9 Å². The SMILES string of the molecule is O=C(NCC[C@H](O)C(=O)O)C1Cc2ccccc2O1. The van der Waals surface area contributed by atoms with Crippen LogP contribution in [0.3, 0.4) is 0 Å². The number of para-hydroxylation sites is 1. The Balaban J connectivity index is 1.79. The third-order valence-corrected chi connectivity index (χ3v) is 2.94. The van der Waals surface area contributed by atoms with E-state index in [9.17, 15) is 9.59 Å². The Morgan fingerprint density at radius 1 is 1.42 bits per heavy atom. The summed E-state index contributed by atoms with van der Waals surface area (Å²) in [6.07, 6.45) is -1.56. The van der Waals surface area contributed by atoms with Crippen molar-refractivity contribution in [2.24, 2.45) is 0 Å². The quantitative estimate of drug-likeness (QED) is 0.693. The van der Waals surface area contributed by atoms with Gasteiger partial charge in [0.15, 0.2) is 12.2 Å². The summed E-state index contributed by atoms with van der Waals surface area (Å²) in [6, 6.07) is 7.42. The van der Waals surface area contributed by atoms with E-state index in [1.54, 1.807) is 6.07 Å². The van der Waals surface area contributed by atoms with Crippen molar-refractivity contribution in [3.05, 3.63) is 29.8 Å². The van der Waals surface area contributed by atoms with Gasteiger partial charge in [0.25, 0.3) is 5.91 Å². The molecule has 3 N–H and O–H groups in total. The van der Waals surface area contributed by atoms with Crippen LogP contribution in [0.1, 0.15) is 12.0 Å². The van der Waals surface area contributed by atoms with Crippen molar-refractivity contribution in [1.29, 1.82) is 0 Å². The Labute approximate surface area is 110 Å². The van der Waals surface area contributed by atoms with Gasteiger partial charge < -0.3 is 20.3 Å². The number of ether oxygens (including phenoxy) is 1. The Hall–Kier alpha value is -2.08. The fraction of sp³-hybridized carbons (Fsp3) is 0.385. The molecular formula is C13H15NO5. The number of aliphatic hydroxyl groups excluding tert-OH is 1. The molecule has 2 rings (SSSR count). The van der Waals surface area contributed by atoms with Crippen molar-refractivity contribution in [2.45, 2.75) is 25.0 Å². The second-order valence-corrected chi connectivity index (χ2v) is 4.35. The molecule has 2 atom stereocenters. The molecule has 0 aromatic heterocycles. The minimum atomic E-state index is -1.46. The summed E-state index contributed by atoms with van der Waals surface area (Å²) in [5.74, 6) is -0.888. The molecule has 6 nitrogen and oxygen atoms in total. The van der Waals surface area contributed by atoms with Gasteiger partial charge in [-0.2, -0.15) is 0 Å². The smallest absolute Gasteiger partial charge is 0.332 e. The number of hydrogen-bond acceptors (Lipinski definition) is 4. The van der Waals surface area contributed by atoms with Crippen molar-refractivity contribution in [2.75, 3.05) is 6.54 Å². The molecule has 1 unspecified atom stereocenters. The summed E-state index contributed by atoms with van der Waals surface area (Å²) in [6.45, 7) is 0.0997. The molecule has 1 aliphatic heterocycles. The molecule has 1 aromatic carbocycles. The third-order valence-electron chi connectivity index (χ3n) is 2.94. The van der Waals surface area contributed by atoms with Gasteiger partial charge in [-0.25, -0.2) is 4.79 Å². The molecule has 1 amide bonds. The molecule has 1 aromatic rings. The van der Waals surface area contributed by atoms with Crippen LogP contribution >= 0.6 is 0 Å². The zero-order chi connectivity index (χ0) is 13.8. The second kappa shape index (κ2) is 5.71. The maximum atomic E-state index is 11.8. The molecule has 0 saturated carbocycles. The van der Waals surface area contributed by atoms with E-state index in [2.05, 4.69) is 5.32 Å². The summed E-state index contributed by atoms with van der Waals surface area (Å²) in [7, 11) is 0. The van der Waals surface area contributed by atoms with Gasteiger partial charge in [0.05, 0.1) is 0 Å². The van der Waals surface area contributed by atoms with Gasteiger partial charge in [-0.05, 0) is 11.6 Å². The van der Waals surface area contributed by atoms with Crippen LogP contribution in [-0.2, 0) is 16.0 Å². The highest BCUT2D eigenvalue weighted by Crippen LogP contribution is 2.27. The first-order valence-electron chi connectivity index (χ1n) is 6.01.